The average Bonchev–Trinajstić information content (AvgIpc) is 2.26. The molecular formula is C13H18ClFN2O. The second kappa shape index (κ2) is 5.67. The van der Waals surface area contributed by atoms with Gasteiger partial charge < -0.3 is 10.2 Å². The van der Waals surface area contributed by atoms with Crippen LogP contribution in [0, 0.1) is 5.82 Å². The van der Waals surface area contributed by atoms with Crippen molar-refractivity contribution in [1.29, 1.82) is 0 Å². The molecule has 0 radical (unpaired) electrons. The lowest BCUT2D eigenvalue weighted by atomic mass is 10.0. The Morgan fingerprint density at radius 2 is 2.06 bits per heavy atom. The molecule has 0 unspecified atom stereocenters. The third kappa shape index (κ3) is 3.43. The summed E-state index contributed by atoms with van der Waals surface area (Å²) in [4.78, 5) is 13.9. The number of carbonyl (C=O) groups excluding carboxylic acids is 1. The van der Waals surface area contributed by atoms with Crippen LogP contribution >= 0.6 is 11.6 Å². The van der Waals surface area contributed by atoms with Gasteiger partial charge in [-0.15, -0.1) is 0 Å². The number of nitrogens with one attached hydrogen (secondary N) is 1. The van der Waals surface area contributed by atoms with Gasteiger partial charge in [-0.3, -0.25) is 4.79 Å². The van der Waals surface area contributed by atoms with E-state index in [0.717, 1.165) is 0 Å². The summed E-state index contributed by atoms with van der Waals surface area (Å²) in [6.45, 7) is 4.37. The van der Waals surface area contributed by atoms with Gasteiger partial charge in [0, 0.05) is 12.1 Å². The van der Waals surface area contributed by atoms with Gasteiger partial charge in [0.15, 0.2) is 0 Å². The Morgan fingerprint density at radius 3 is 2.56 bits per heavy atom. The van der Waals surface area contributed by atoms with Crippen LogP contribution in [-0.4, -0.2) is 37.0 Å². The van der Waals surface area contributed by atoms with E-state index in [1.165, 1.54) is 18.2 Å². The number of nitrogens with zero attached hydrogens (tertiary/aromatic N) is 1. The zero-order valence-electron chi connectivity index (χ0n) is 11.1. The Morgan fingerprint density at radius 1 is 1.44 bits per heavy atom. The summed E-state index contributed by atoms with van der Waals surface area (Å²) >= 11 is 5.83. The first-order valence-corrected chi connectivity index (χ1v) is 6.03. The van der Waals surface area contributed by atoms with Crippen LogP contribution in [0.1, 0.15) is 24.2 Å². The van der Waals surface area contributed by atoms with Crippen molar-refractivity contribution in [1.82, 2.24) is 10.2 Å². The molecule has 18 heavy (non-hydrogen) atoms. The summed E-state index contributed by atoms with van der Waals surface area (Å²) in [5, 5.41) is 2.82. The van der Waals surface area contributed by atoms with E-state index in [0.29, 0.717) is 6.54 Å². The summed E-state index contributed by atoms with van der Waals surface area (Å²) in [5.41, 5.74) is -0.318. The van der Waals surface area contributed by atoms with E-state index < -0.39 is 11.7 Å². The van der Waals surface area contributed by atoms with Crippen molar-refractivity contribution in [2.24, 2.45) is 0 Å². The number of carbonyl (C=O) groups is 1. The monoisotopic (exact) mass is 272 g/mol. The van der Waals surface area contributed by atoms with Gasteiger partial charge in [0.05, 0.1) is 10.6 Å². The van der Waals surface area contributed by atoms with Crippen molar-refractivity contribution in [3.05, 3.63) is 34.6 Å². The molecule has 100 valence electrons. The molecule has 1 N–H and O–H groups in total. The fourth-order valence-corrected chi connectivity index (χ4v) is 1.51. The van der Waals surface area contributed by atoms with Crippen LogP contribution in [-0.2, 0) is 0 Å². The topological polar surface area (TPSA) is 32.3 Å². The minimum atomic E-state index is -0.609. The smallest absolute Gasteiger partial charge is 0.255 e. The van der Waals surface area contributed by atoms with Crippen LogP contribution in [0.4, 0.5) is 4.39 Å². The second-order valence-electron chi connectivity index (χ2n) is 4.99. The van der Waals surface area contributed by atoms with E-state index in [9.17, 15) is 9.18 Å². The third-order valence-corrected chi connectivity index (χ3v) is 3.40. The maximum Gasteiger partial charge on any atom is 0.255 e. The number of halogens is 2. The highest BCUT2D eigenvalue weighted by atomic mass is 35.5. The largest absolute Gasteiger partial charge is 0.350 e. The second-order valence-corrected chi connectivity index (χ2v) is 5.39. The first kappa shape index (κ1) is 14.9. The minimum Gasteiger partial charge on any atom is -0.350 e. The Bertz CT molecular complexity index is 426. The number of benzene rings is 1. The molecule has 0 aliphatic rings. The molecule has 0 aromatic heterocycles. The van der Waals surface area contributed by atoms with Crippen molar-refractivity contribution in [2.45, 2.75) is 19.4 Å². The molecule has 1 amide bonds. The van der Waals surface area contributed by atoms with E-state index in [4.69, 9.17) is 11.6 Å². The van der Waals surface area contributed by atoms with Crippen LogP contribution in [0.2, 0.25) is 5.02 Å². The molecule has 1 rings (SSSR count). The predicted octanol–water partition coefficient (Wildman–Crippen LogP) is 2.55. The Kier molecular flexibility index (Phi) is 4.71. The van der Waals surface area contributed by atoms with Gasteiger partial charge in [-0.25, -0.2) is 4.39 Å². The fraction of sp³-hybridized carbons (Fsp3) is 0.462. The van der Waals surface area contributed by atoms with Gasteiger partial charge in [-0.05, 0) is 40.1 Å². The number of likely N-dealkylation sites (N-methyl/N-ethyl adjacent to an activating group) is 1. The van der Waals surface area contributed by atoms with E-state index in [-0.39, 0.29) is 16.1 Å². The normalized spacial score (nSPS) is 11.7. The van der Waals surface area contributed by atoms with E-state index in [2.05, 4.69) is 5.32 Å². The first-order valence-electron chi connectivity index (χ1n) is 5.65. The van der Waals surface area contributed by atoms with Crippen molar-refractivity contribution in [3.63, 3.8) is 0 Å². The summed E-state index contributed by atoms with van der Waals surface area (Å²) in [7, 11) is 3.84. The standard InChI is InChI=1S/C13H18ClFN2O/c1-13(2,17(3)4)8-16-12(18)11-9(14)6-5-7-10(11)15/h5-7H,8H2,1-4H3,(H,16,18). The SMILES string of the molecule is CN(C)C(C)(C)CNC(=O)c1c(F)cccc1Cl. The predicted molar refractivity (Wildman–Crippen MR) is 71.5 cm³/mol. The molecule has 5 heteroatoms. The van der Waals surface area contributed by atoms with E-state index >= 15 is 0 Å². The Hall–Kier alpha value is -1.13. The lowest BCUT2D eigenvalue weighted by Crippen LogP contribution is -2.48. The molecule has 1 aromatic carbocycles. The zero-order valence-corrected chi connectivity index (χ0v) is 11.8. The zero-order chi connectivity index (χ0) is 13.9. The number of hydrogen-bond acceptors (Lipinski definition) is 2. The molecule has 0 atom stereocenters. The highest BCUT2D eigenvalue weighted by Gasteiger charge is 2.23. The molecule has 0 heterocycles. The van der Waals surface area contributed by atoms with Crippen LogP contribution in [0.5, 0.6) is 0 Å². The lowest BCUT2D eigenvalue weighted by molar-refractivity contribution is 0.0916. The van der Waals surface area contributed by atoms with Gasteiger partial charge >= 0.3 is 0 Å². The Labute approximate surface area is 112 Å². The van der Waals surface area contributed by atoms with Crippen LogP contribution < -0.4 is 5.32 Å². The van der Waals surface area contributed by atoms with Gasteiger partial charge in [0.2, 0.25) is 0 Å². The molecule has 0 saturated carbocycles. The molecule has 0 bridgehead atoms. The summed E-state index contributed by atoms with van der Waals surface area (Å²) < 4.78 is 13.5. The average molecular weight is 273 g/mol. The van der Waals surface area contributed by atoms with Crippen LogP contribution in [0.3, 0.4) is 0 Å². The molecule has 3 nitrogen and oxygen atoms in total. The number of amides is 1. The molecular weight excluding hydrogens is 255 g/mol. The summed E-state index contributed by atoms with van der Waals surface area (Å²) in [5.74, 6) is -1.10. The number of hydrogen-bond donors (Lipinski definition) is 1. The third-order valence-electron chi connectivity index (χ3n) is 3.08. The molecule has 0 fully saturated rings. The van der Waals surface area contributed by atoms with Gasteiger partial charge in [0.25, 0.3) is 5.91 Å². The molecule has 0 spiro atoms. The lowest BCUT2D eigenvalue weighted by Gasteiger charge is -2.32. The van der Waals surface area contributed by atoms with Gasteiger partial charge in [-0.2, -0.15) is 0 Å². The molecule has 0 aliphatic carbocycles. The fourth-order valence-electron chi connectivity index (χ4n) is 1.26. The van der Waals surface area contributed by atoms with Crippen molar-refractivity contribution < 1.29 is 9.18 Å². The van der Waals surface area contributed by atoms with Gasteiger partial charge in [0.1, 0.15) is 5.82 Å². The van der Waals surface area contributed by atoms with Crippen molar-refractivity contribution in [2.75, 3.05) is 20.6 Å². The van der Waals surface area contributed by atoms with Crippen LogP contribution in [0.15, 0.2) is 18.2 Å². The van der Waals surface area contributed by atoms with Gasteiger partial charge in [-0.1, -0.05) is 17.7 Å². The summed E-state index contributed by atoms with van der Waals surface area (Å²) in [6, 6.07) is 4.19. The summed E-state index contributed by atoms with van der Waals surface area (Å²) in [6.07, 6.45) is 0. The van der Waals surface area contributed by atoms with Crippen molar-refractivity contribution in [3.8, 4) is 0 Å². The first-order chi connectivity index (χ1) is 8.25. The van der Waals surface area contributed by atoms with E-state index in [1.807, 2.05) is 32.8 Å². The van der Waals surface area contributed by atoms with Crippen molar-refractivity contribution >= 4 is 17.5 Å². The quantitative estimate of drug-likeness (QED) is 0.914. The van der Waals surface area contributed by atoms with E-state index in [1.54, 1.807) is 0 Å². The Balaban J connectivity index is 2.79. The number of rotatable bonds is 4. The molecule has 1 aromatic rings. The highest BCUT2D eigenvalue weighted by Crippen LogP contribution is 2.19. The minimum absolute atomic E-state index is 0.103. The van der Waals surface area contributed by atoms with Crippen LogP contribution in [0.25, 0.3) is 0 Å². The maximum absolute atomic E-state index is 13.5. The highest BCUT2D eigenvalue weighted by molar-refractivity contribution is 6.33. The maximum atomic E-state index is 13.5. The molecule has 0 aliphatic heterocycles. The molecule has 0 saturated heterocycles.